The molecule has 1 aliphatic carbocycles. The second-order valence-corrected chi connectivity index (χ2v) is 5.69. The zero-order chi connectivity index (χ0) is 17.1. The molecule has 0 N–H and O–H groups in total. The van der Waals surface area contributed by atoms with Crippen molar-refractivity contribution in [1.29, 1.82) is 0 Å². The molecule has 1 heterocycles. The van der Waals surface area contributed by atoms with Crippen LogP contribution in [0.2, 0.25) is 0 Å². The number of carbonyl (C=O) groups excluding carboxylic acids is 1. The molecule has 7 heteroatoms. The summed E-state index contributed by atoms with van der Waals surface area (Å²) in [6.45, 7) is 0. The van der Waals surface area contributed by atoms with E-state index in [4.69, 9.17) is 4.74 Å². The number of nitrogens with zero attached hydrogens (tertiary/aromatic N) is 3. The first kappa shape index (κ1) is 15.9. The van der Waals surface area contributed by atoms with E-state index in [9.17, 15) is 14.9 Å². The van der Waals surface area contributed by atoms with Crippen LogP contribution >= 0.6 is 0 Å². The van der Waals surface area contributed by atoms with Crippen LogP contribution in [0.1, 0.15) is 29.6 Å². The maximum Gasteiger partial charge on any atom is 0.269 e. The van der Waals surface area contributed by atoms with Gasteiger partial charge in [-0.25, -0.2) is 4.98 Å². The molecule has 1 aromatic carbocycles. The van der Waals surface area contributed by atoms with Gasteiger partial charge in [0.05, 0.1) is 4.92 Å². The van der Waals surface area contributed by atoms with Gasteiger partial charge in [-0.3, -0.25) is 14.9 Å². The molecule has 0 atom stereocenters. The van der Waals surface area contributed by atoms with Crippen LogP contribution in [0, 0.1) is 10.1 Å². The molecular weight excluding hydrogens is 310 g/mol. The van der Waals surface area contributed by atoms with Gasteiger partial charge in [0.15, 0.2) is 0 Å². The van der Waals surface area contributed by atoms with Crippen molar-refractivity contribution in [1.82, 2.24) is 4.98 Å². The van der Waals surface area contributed by atoms with Crippen LogP contribution in [-0.4, -0.2) is 29.0 Å². The van der Waals surface area contributed by atoms with Crippen LogP contribution in [0.25, 0.3) is 0 Å². The van der Waals surface area contributed by atoms with E-state index < -0.39 is 4.92 Å². The predicted octanol–water partition coefficient (Wildman–Crippen LogP) is 3.20. The van der Waals surface area contributed by atoms with Gasteiger partial charge in [0.25, 0.3) is 11.6 Å². The van der Waals surface area contributed by atoms with Crippen LogP contribution in [0.3, 0.4) is 0 Å². The predicted molar refractivity (Wildman–Crippen MR) is 88.3 cm³/mol. The van der Waals surface area contributed by atoms with Gasteiger partial charge >= 0.3 is 0 Å². The van der Waals surface area contributed by atoms with Crippen molar-refractivity contribution in [2.75, 3.05) is 11.9 Å². The molecular formula is C17H17N3O4. The Balaban J connectivity index is 1.74. The third-order valence-electron chi connectivity index (χ3n) is 4.07. The number of hydrogen-bond donors (Lipinski definition) is 0. The number of carbonyl (C=O) groups is 1. The molecule has 0 bridgehead atoms. The average molecular weight is 327 g/mol. The Morgan fingerprint density at radius 1 is 1.29 bits per heavy atom. The summed E-state index contributed by atoms with van der Waals surface area (Å²) in [5, 5.41) is 10.7. The Morgan fingerprint density at radius 2 is 2.00 bits per heavy atom. The SMILES string of the molecule is CN(C(=O)c1ccnc(OC2CCC2)c1)c1ccc([N+](=O)[O-])cc1. The Hall–Kier alpha value is -2.96. The highest BCUT2D eigenvalue weighted by molar-refractivity contribution is 6.05. The molecule has 1 amide bonds. The third-order valence-corrected chi connectivity index (χ3v) is 4.07. The molecule has 0 saturated heterocycles. The molecule has 0 aliphatic heterocycles. The number of amides is 1. The van der Waals surface area contributed by atoms with E-state index in [-0.39, 0.29) is 17.7 Å². The molecule has 1 aromatic heterocycles. The topological polar surface area (TPSA) is 85.6 Å². The largest absolute Gasteiger partial charge is 0.474 e. The highest BCUT2D eigenvalue weighted by atomic mass is 16.6. The summed E-state index contributed by atoms with van der Waals surface area (Å²) >= 11 is 0. The fourth-order valence-corrected chi connectivity index (χ4v) is 2.38. The number of hydrogen-bond acceptors (Lipinski definition) is 5. The number of nitro benzene ring substituents is 1. The lowest BCUT2D eigenvalue weighted by Gasteiger charge is -2.25. The van der Waals surface area contributed by atoms with Crippen molar-refractivity contribution in [2.24, 2.45) is 0 Å². The summed E-state index contributed by atoms with van der Waals surface area (Å²) in [6.07, 6.45) is 4.93. The quantitative estimate of drug-likeness (QED) is 0.622. The first-order valence-corrected chi connectivity index (χ1v) is 7.70. The number of benzene rings is 1. The van der Waals surface area contributed by atoms with Crippen LogP contribution in [-0.2, 0) is 0 Å². The number of anilines is 1. The van der Waals surface area contributed by atoms with Gasteiger partial charge in [-0.1, -0.05) is 0 Å². The van der Waals surface area contributed by atoms with E-state index in [0.717, 1.165) is 19.3 Å². The van der Waals surface area contributed by atoms with Crippen molar-refractivity contribution in [2.45, 2.75) is 25.4 Å². The Labute approximate surface area is 139 Å². The summed E-state index contributed by atoms with van der Waals surface area (Å²) in [5.74, 6) is 0.215. The summed E-state index contributed by atoms with van der Waals surface area (Å²) in [4.78, 5) is 28.4. The standard InChI is InChI=1S/C17H17N3O4/c1-19(13-5-7-14(8-6-13)20(22)23)17(21)12-9-10-18-16(11-12)24-15-3-2-4-15/h5-11,15H,2-4H2,1H3. The number of rotatable bonds is 5. The third kappa shape index (κ3) is 3.34. The molecule has 1 saturated carbocycles. The molecule has 0 spiro atoms. The Kier molecular flexibility index (Phi) is 4.41. The fourth-order valence-electron chi connectivity index (χ4n) is 2.38. The van der Waals surface area contributed by atoms with E-state index in [1.54, 1.807) is 37.5 Å². The van der Waals surface area contributed by atoms with Gasteiger partial charge < -0.3 is 9.64 Å². The van der Waals surface area contributed by atoms with Gasteiger partial charge in [-0.15, -0.1) is 0 Å². The number of non-ortho nitro benzene ring substituents is 1. The van der Waals surface area contributed by atoms with E-state index >= 15 is 0 Å². The Morgan fingerprint density at radius 3 is 2.58 bits per heavy atom. The van der Waals surface area contributed by atoms with Crippen LogP contribution < -0.4 is 9.64 Å². The van der Waals surface area contributed by atoms with E-state index in [0.29, 0.717) is 17.1 Å². The monoisotopic (exact) mass is 327 g/mol. The van der Waals surface area contributed by atoms with Crippen molar-refractivity contribution in [3.05, 3.63) is 58.3 Å². The minimum Gasteiger partial charge on any atom is -0.474 e. The summed E-state index contributed by atoms with van der Waals surface area (Å²) < 4.78 is 5.71. The van der Waals surface area contributed by atoms with Crippen LogP contribution in [0.5, 0.6) is 5.88 Å². The summed E-state index contributed by atoms with van der Waals surface area (Å²) in [5.41, 5.74) is 1.02. The van der Waals surface area contributed by atoms with Crippen molar-refractivity contribution in [3.8, 4) is 5.88 Å². The smallest absolute Gasteiger partial charge is 0.269 e. The highest BCUT2D eigenvalue weighted by Crippen LogP contribution is 2.25. The summed E-state index contributed by atoms with van der Waals surface area (Å²) in [6, 6.07) is 9.08. The molecule has 1 aliphatic rings. The number of nitro groups is 1. The number of ether oxygens (including phenoxy) is 1. The minimum absolute atomic E-state index is 0.0142. The molecule has 2 aromatic rings. The second kappa shape index (κ2) is 6.66. The van der Waals surface area contributed by atoms with Gasteiger partial charge in [0.1, 0.15) is 6.10 Å². The Bertz CT molecular complexity index is 757. The lowest BCUT2D eigenvalue weighted by atomic mass is 9.96. The molecule has 3 rings (SSSR count). The molecule has 7 nitrogen and oxygen atoms in total. The normalized spacial score (nSPS) is 13.9. The maximum atomic E-state index is 12.6. The lowest BCUT2D eigenvalue weighted by molar-refractivity contribution is -0.384. The molecule has 0 radical (unpaired) electrons. The average Bonchev–Trinajstić information content (AvgIpc) is 2.57. The number of pyridine rings is 1. The first-order chi connectivity index (χ1) is 11.5. The molecule has 0 unspecified atom stereocenters. The lowest BCUT2D eigenvalue weighted by Crippen LogP contribution is -2.27. The minimum atomic E-state index is -0.474. The van der Waals surface area contributed by atoms with Crippen molar-refractivity contribution >= 4 is 17.3 Å². The van der Waals surface area contributed by atoms with Crippen LogP contribution in [0.4, 0.5) is 11.4 Å². The first-order valence-electron chi connectivity index (χ1n) is 7.70. The highest BCUT2D eigenvalue weighted by Gasteiger charge is 2.21. The maximum absolute atomic E-state index is 12.6. The molecule has 124 valence electrons. The zero-order valence-corrected chi connectivity index (χ0v) is 13.2. The van der Waals surface area contributed by atoms with Gasteiger partial charge in [0.2, 0.25) is 5.88 Å². The van der Waals surface area contributed by atoms with Gasteiger partial charge in [0, 0.05) is 42.7 Å². The number of aromatic nitrogens is 1. The molecule has 24 heavy (non-hydrogen) atoms. The van der Waals surface area contributed by atoms with Crippen LogP contribution in [0.15, 0.2) is 42.6 Å². The fraction of sp³-hybridized carbons (Fsp3) is 0.294. The van der Waals surface area contributed by atoms with Crippen molar-refractivity contribution < 1.29 is 14.5 Å². The second-order valence-electron chi connectivity index (χ2n) is 5.69. The van der Waals surface area contributed by atoms with Crippen molar-refractivity contribution in [3.63, 3.8) is 0 Å². The van der Waals surface area contributed by atoms with Gasteiger partial charge in [-0.2, -0.15) is 0 Å². The zero-order valence-electron chi connectivity index (χ0n) is 13.2. The molecule has 1 fully saturated rings. The van der Waals surface area contributed by atoms with E-state index in [1.807, 2.05) is 0 Å². The summed E-state index contributed by atoms with van der Waals surface area (Å²) in [7, 11) is 1.62. The van der Waals surface area contributed by atoms with E-state index in [1.165, 1.54) is 17.0 Å². The van der Waals surface area contributed by atoms with Gasteiger partial charge in [-0.05, 0) is 37.5 Å². The van der Waals surface area contributed by atoms with E-state index in [2.05, 4.69) is 4.98 Å².